The lowest BCUT2D eigenvalue weighted by Crippen LogP contribution is -2.23. The first kappa shape index (κ1) is 20.5. The van der Waals surface area contributed by atoms with Crippen molar-refractivity contribution in [2.45, 2.75) is 13.1 Å². The average molecular weight is 390 g/mol. The van der Waals surface area contributed by atoms with Crippen LogP contribution in [-0.2, 0) is 13.1 Å². The summed E-state index contributed by atoms with van der Waals surface area (Å²) in [6.45, 7) is 2.61. The van der Waals surface area contributed by atoms with E-state index in [9.17, 15) is 4.79 Å². The number of nitrogens with zero attached hydrogens (tertiary/aromatic N) is 1. The predicted octanol–water partition coefficient (Wildman–Crippen LogP) is 2.74. The molecule has 0 radical (unpaired) electrons. The number of carbonyl (C=O) groups is 1. The van der Waals surface area contributed by atoms with Gasteiger partial charge in [-0.15, -0.1) is 0 Å². The first-order chi connectivity index (χ1) is 14.2. The maximum atomic E-state index is 12.6. The number of hydrogen-bond donors (Lipinski definition) is 3. The Balaban J connectivity index is 1.64. The molecule has 0 atom stereocenters. The van der Waals surface area contributed by atoms with Gasteiger partial charge in [-0.05, 0) is 34.9 Å². The minimum Gasteiger partial charge on any atom is -0.497 e. The Morgan fingerprint density at radius 3 is 2.59 bits per heavy atom. The lowest BCUT2D eigenvalue weighted by atomic mass is 10.0. The monoisotopic (exact) mass is 390 g/mol. The maximum absolute atomic E-state index is 12.6. The molecule has 2 aromatic carbocycles. The molecule has 0 bridgehead atoms. The van der Waals surface area contributed by atoms with Gasteiger partial charge in [0.15, 0.2) is 0 Å². The van der Waals surface area contributed by atoms with E-state index in [1.807, 2.05) is 42.5 Å². The second-order valence-corrected chi connectivity index (χ2v) is 6.66. The highest BCUT2D eigenvalue weighted by molar-refractivity contribution is 5.95. The number of methoxy groups -OCH3 is 1. The normalized spacial score (nSPS) is 10.6. The van der Waals surface area contributed by atoms with Gasteiger partial charge in [-0.3, -0.25) is 9.78 Å². The first-order valence-corrected chi connectivity index (χ1v) is 9.56. The highest BCUT2D eigenvalue weighted by Crippen LogP contribution is 2.20. The van der Waals surface area contributed by atoms with Crippen molar-refractivity contribution >= 4 is 5.91 Å². The summed E-state index contributed by atoms with van der Waals surface area (Å²) >= 11 is 0. The van der Waals surface area contributed by atoms with Gasteiger partial charge >= 0.3 is 0 Å². The van der Waals surface area contributed by atoms with Crippen LogP contribution in [0.5, 0.6) is 5.75 Å². The van der Waals surface area contributed by atoms with Crippen LogP contribution in [0.15, 0.2) is 67.0 Å². The zero-order chi connectivity index (χ0) is 20.5. The highest BCUT2D eigenvalue weighted by atomic mass is 16.5. The van der Waals surface area contributed by atoms with Gasteiger partial charge in [0.2, 0.25) is 0 Å². The van der Waals surface area contributed by atoms with E-state index in [1.54, 1.807) is 19.5 Å². The smallest absolute Gasteiger partial charge is 0.253 e. The van der Waals surface area contributed by atoms with Crippen LogP contribution in [-0.4, -0.2) is 31.1 Å². The van der Waals surface area contributed by atoms with Crippen molar-refractivity contribution in [3.05, 3.63) is 83.7 Å². The van der Waals surface area contributed by atoms with Gasteiger partial charge < -0.3 is 21.1 Å². The van der Waals surface area contributed by atoms with Crippen LogP contribution < -0.4 is 21.1 Å². The molecule has 0 unspecified atom stereocenters. The fourth-order valence-electron chi connectivity index (χ4n) is 2.94. The topological polar surface area (TPSA) is 89.3 Å². The van der Waals surface area contributed by atoms with Crippen molar-refractivity contribution in [3.63, 3.8) is 0 Å². The molecule has 0 aliphatic carbocycles. The molecule has 0 aliphatic rings. The second-order valence-electron chi connectivity index (χ2n) is 6.66. The Labute approximate surface area is 171 Å². The van der Waals surface area contributed by atoms with E-state index in [2.05, 4.69) is 27.8 Å². The molecule has 6 heteroatoms. The average Bonchev–Trinajstić information content (AvgIpc) is 2.78. The Morgan fingerprint density at radius 2 is 1.83 bits per heavy atom. The maximum Gasteiger partial charge on any atom is 0.253 e. The molecule has 3 rings (SSSR count). The summed E-state index contributed by atoms with van der Waals surface area (Å²) in [7, 11) is 1.62. The van der Waals surface area contributed by atoms with E-state index < -0.39 is 0 Å². The lowest BCUT2D eigenvalue weighted by Gasteiger charge is -2.09. The van der Waals surface area contributed by atoms with E-state index >= 15 is 0 Å². The van der Waals surface area contributed by atoms with Crippen LogP contribution >= 0.6 is 0 Å². The summed E-state index contributed by atoms with van der Waals surface area (Å²) in [6.07, 6.45) is 3.34. The zero-order valence-electron chi connectivity index (χ0n) is 16.5. The number of rotatable bonds is 9. The number of carbonyl (C=O) groups excluding carboxylic acids is 1. The molecule has 1 aromatic heterocycles. The molecule has 6 nitrogen and oxygen atoms in total. The Kier molecular flexibility index (Phi) is 7.33. The minimum absolute atomic E-state index is 0.162. The van der Waals surface area contributed by atoms with Gasteiger partial charge in [0.05, 0.1) is 12.7 Å². The third-order valence-electron chi connectivity index (χ3n) is 4.53. The van der Waals surface area contributed by atoms with Crippen molar-refractivity contribution in [2.75, 3.05) is 20.2 Å². The number of benzene rings is 2. The number of pyridine rings is 1. The minimum atomic E-state index is -0.162. The van der Waals surface area contributed by atoms with Crippen LogP contribution in [0.3, 0.4) is 0 Å². The van der Waals surface area contributed by atoms with Crippen LogP contribution in [0.2, 0.25) is 0 Å². The zero-order valence-corrected chi connectivity index (χ0v) is 16.5. The summed E-state index contributed by atoms with van der Waals surface area (Å²) in [5.74, 6) is 0.604. The van der Waals surface area contributed by atoms with Gasteiger partial charge in [-0.2, -0.15) is 0 Å². The van der Waals surface area contributed by atoms with Gasteiger partial charge in [0.1, 0.15) is 5.75 Å². The van der Waals surface area contributed by atoms with E-state index in [0.29, 0.717) is 18.7 Å². The summed E-state index contributed by atoms with van der Waals surface area (Å²) in [4.78, 5) is 16.8. The predicted molar refractivity (Wildman–Crippen MR) is 115 cm³/mol. The molecule has 29 heavy (non-hydrogen) atoms. The van der Waals surface area contributed by atoms with E-state index in [0.717, 1.165) is 35.5 Å². The summed E-state index contributed by atoms with van der Waals surface area (Å²) in [6, 6.07) is 17.7. The third kappa shape index (κ3) is 5.88. The molecule has 4 N–H and O–H groups in total. The molecule has 1 heterocycles. The molecule has 150 valence electrons. The van der Waals surface area contributed by atoms with Crippen LogP contribution in [0.1, 0.15) is 21.5 Å². The van der Waals surface area contributed by atoms with Crippen molar-refractivity contribution < 1.29 is 9.53 Å². The van der Waals surface area contributed by atoms with Crippen LogP contribution in [0.25, 0.3) is 11.1 Å². The van der Waals surface area contributed by atoms with Gasteiger partial charge in [0, 0.05) is 44.1 Å². The quantitative estimate of drug-likeness (QED) is 0.489. The van der Waals surface area contributed by atoms with Gasteiger partial charge in [-0.25, -0.2) is 0 Å². The molecule has 0 spiro atoms. The number of aromatic nitrogens is 1. The standard InChI is InChI=1S/C23H26N4O2/c1-29-22-4-2-3-18(11-22)14-27-23(28)21-12-20(15-26-16-21)19-7-5-17(6-8-19)13-25-10-9-24/h2-8,11-12,15-16,25H,9-10,13-14,24H2,1H3,(H,27,28). The lowest BCUT2D eigenvalue weighted by molar-refractivity contribution is 0.0950. The molecule has 0 fully saturated rings. The van der Waals surface area contributed by atoms with E-state index in [4.69, 9.17) is 10.5 Å². The van der Waals surface area contributed by atoms with E-state index in [-0.39, 0.29) is 5.91 Å². The van der Waals surface area contributed by atoms with Gasteiger partial charge in [0.25, 0.3) is 5.91 Å². The fourth-order valence-corrected chi connectivity index (χ4v) is 2.94. The Bertz CT molecular complexity index is 942. The fraction of sp³-hybridized carbons (Fsp3) is 0.217. The molecular formula is C23H26N4O2. The largest absolute Gasteiger partial charge is 0.497 e. The molecule has 0 saturated heterocycles. The number of hydrogen-bond acceptors (Lipinski definition) is 5. The third-order valence-corrected chi connectivity index (χ3v) is 4.53. The summed E-state index contributed by atoms with van der Waals surface area (Å²) < 4.78 is 5.21. The van der Waals surface area contributed by atoms with Crippen LogP contribution in [0.4, 0.5) is 0 Å². The number of nitrogens with two attached hydrogens (primary N) is 1. The van der Waals surface area contributed by atoms with E-state index in [1.165, 1.54) is 5.56 Å². The molecule has 0 aliphatic heterocycles. The van der Waals surface area contributed by atoms with Crippen LogP contribution in [0, 0.1) is 0 Å². The first-order valence-electron chi connectivity index (χ1n) is 9.56. The SMILES string of the molecule is COc1cccc(CNC(=O)c2cncc(-c3ccc(CNCCN)cc3)c2)c1. The van der Waals surface area contributed by atoms with Gasteiger partial charge in [-0.1, -0.05) is 36.4 Å². The molecule has 1 amide bonds. The summed E-state index contributed by atoms with van der Waals surface area (Å²) in [5, 5.41) is 6.20. The number of nitrogens with one attached hydrogen (secondary N) is 2. The molecule has 3 aromatic rings. The number of amides is 1. The molecule has 0 saturated carbocycles. The van der Waals surface area contributed by atoms with Crippen molar-refractivity contribution in [3.8, 4) is 16.9 Å². The van der Waals surface area contributed by atoms with Crippen molar-refractivity contribution in [1.82, 2.24) is 15.6 Å². The Hall–Kier alpha value is -3.22. The Morgan fingerprint density at radius 1 is 1.00 bits per heavy atom. The number of ether oxygens (including phenoxy) is 1. The molecular weight excluding hydrogens is 364 g/mol. The van der Waals surface area contributed by atoms with Crippen molar-refractivity contribution in [1.29, 1.82) is 0 Å². The summed E-state index contributed by atoms with van der Waals surface area (Å²) in [5.41, 5.74) is 10.1. The highest BCUT2D eigenvalue weighted by Gasteiger charge is 2.08. The van der Waals surface area contributed by atoms with Crippen molar-refractivity contribution in [2.24, 2.45) is 5.73 Å². The second kappa shape index (κ2) is 10.4.